The first-order valence-corrected chi connectivity index (χ1v) is 7.10. The number of phenolic OH excluding ortho intramolecular Hbond substituents is 1. The van der Waals surface area contributed by atoms with Gasteiger partial charge in [-0.25, -0.2) is 9.82 Å². The highest BCUT2D eigenvalue weighted by atomic mass is 19.1. The fourth-order valence-electron chi connectivity index (χ4n) is 2.09. The molecule has 3 rings (SSSR count). The fourth-order valence-corrected chi connectivity index (χ4v) is 2.09. The molecule has 0 unspecified atom stereocenters. The second-order valence-corrected chi connectivity index (χ2v) is 4.93. The molecule has 0 spiro atoms. The van der Waals surface area contributed by atoms with Gasteiger partial charge in [0.15, 0.2) is 0 Å². The molecule has 0 radical (unpaired) electrons. The molecule has 0 aliphatic rings. The van der Waals surface area contributed by atoms with Crippen LogP contribution in [0.1, 0.15) is 16.1 Å². The quantitative estimate of drug-likeness (QED) is 0.569. The number of hydrogen-bond acceptors (Lipinski definition) is 4. The van der Waals surface area contributed by atoms with E-state index in [0.29, 0.717) is 17.1 Å². The molecule has 1 amide bonds. The first-order valence-electron chi connectivity index (χ1n) is 7.10. The Bertz CT molecular complexity index is 903. The van der Waals surface area contributed by atoms with Gasteiger partial charge in [-0.3, -0.25) is 4.79 Å². The van der Waals surface area contributed by atoms with E-state index in [1.165, 1.54) is 24.4 Å². The molecular weight excluding hydrogens is 311 g/mol. The number of benzene rings is 2. The van der Waals surface area contributed by atoms with E-state index in [2.05, 4.69) is 10.5 Å². The summed E-state index contributed by atoms with van der Waals surface area (Å²) in [5.41, 5.74) is 2.95. The lowest BCUT2D eigenvalue weighted by Gasteiger charge is -2.00. The van der Waals surface area contributed by atoms with Gasteiger partial charge in [0.2, 0.25) is 0 Å². The van der Waals surface area contributed by atoms with E-state index in [0.717, 1.165) is 0 Å². The number of rotatable bonds is 4. The third kappa shape index (κ3) is 3.49. The van der Waals surface area contributed by atoms with Crippen LogP contribution in [-0.2, 0) is 0 Å². The number of hydrogen-bond donors (Lipinski definition) is 2. The molecule has 3 aromatic rings. The summed E-state index contributed by atoms with van der Waals surface area (Å²) < 4.78 is 19.2. The average molecular weight is 324 g/mol. The molecule has 0 aliphatic heterocycles. The summed E-state index contributed by atoms with van der Waals surface area (Å²) in [7, 11) is 0. The number of hydrazone groups is 1. The topological polar surface area (TPSA) is 74.8 Å². The average Bonchev–Trinajstić information content (AvgIpc) is 3.04. The Labute approximate surface area is 137 Å². The highest BCUT2D eigenvalue weighted by Crippen LogP contribution is 2.24. The second-order valence-electron chi connectivity index (χ2n) is 4.93. The number of nitrogens with one attached hydrogen (secondary N) is 1. The summed E-state index contributed by atoms with van der Waals surface area (Å²) in [5.74, 6) is -0.124. The minimum atomic E-state index is -0.469. The first-order chi connectivity index (χ1) is 11.6. The van der Waals surface area contributed by atoms with Crippen molar-refractivity contribution in [3.63, 3.8) is 0 Å². The van der Waals surface area contributed by atoms with E-state index in [4.69, 9.17) is 4.42 Å². The van der Waals surface area contributed by atoms with Crippen molar-refractivity contribution in [1.29, 1.82) is 0 Å². The Morgan fingerprint density at radius 1 is 1.12 bits per heavy atom. The standard InChI is InChI=1S/C18H13FN2O3/c19-16-7-2-1-6-15(16)17-9-8-14(24-17)11-20-21-18(23)12-4-3-5-13(22)10-12/h1-11,22H,(H,21,23)/b20-11-. The van der Waals surface area contributed by atoms with Gasteiger partial charge >= 0.3 is 0 Å². The van der Waals surface area contributed by atoms with Gasteiger partial charge in [-0.2, -0.15) is 5.10 Å². The SMILES string of the molecule is O=C(N/N=C\c1ccc(-c2ccccc2F)o1)c1cccc(O)c1. The van der Waals surface area contributed by atoms with Crippen molar-refractivity contribution in [2.75, 3.05) is 0 Å². The van der Waals surface area contributed by atoms with Crippen molar-refractivity contribution in [2.45, 2.75) is 0 Å². The third-order valence-electron chi connectivity index (χ3n) is 3.23. The molecule has 5 nitrogen and oxygen atoms in total. The number of aromatic hydroxyl groups is 1. The van der Waals surface area contributed by atoms with Gasteiger partial charge in [0.25, 0.3) is 5.91 Å². The molecule has 1 heterocycles. The Morgan fingerprint density at radius 3 is 2.75 bits per heavy atom. The van der Waals surface area contributed by atoms with Crippen molar-refractivity contribution in [1.82, 2.24) is 5.43 Å². The molecule has 6 heteroatoms. The fraction of sp³-hybridized carbons (Fsp3) is 0. The minimum absolute atomic E-state index is 0.00723. The van der Waals surface area contributed by atoms with Gasteiger partial charge in [0.05, 0.1) is 11.8 Å². The summed E-state index contributed by atoms with van der Waals surface area (Å²) >= 11 is 0. The molecular formula is C18H13FN2O3. The number of carbonyl (C=O) groups excluding carboxylic acids is 1. The van der Waals surface area contributed by atoms with Gasteiger partial charge in [0, 0.05) is 5.56 Å². The highest BCUT2D eigenvalue weighted by Gasteiger charge is 2.08. The van der Waals surface area contributed by atoms with Crippen LogP contribution in [0.4, 0.5) is 4.39 Å². The Morgan fingerprint density at radius 2 is 1.96 bits per heavy atom. The van der Waals surface area contributed by atoms with Crippen molar-refractivity contribution in [2.24, 2.45) is 5.10 Å². The number of amides is 1. The van der Waals surface area contributed by atoms with Crippen LogP contribution in [-0.4, -0.2) is 17.2 Å². The number of phenols is 1. The molecule has 0 bridgehead atoms. The third-order valence-corrected chi connectivity index (χ3v) is 3.23. The van der Waals surface area contributed by atoms with Crippen LogP contribution in [0.15, 0.2) is 70.2 Å². The van der Waals surface area contributed by atoms with Crippen molar-refractivity contribution in [3.8, 4) is 17.1 Å². The zero-order chi connectivity index (χ0) is 16.9. The lowest BCUT2D eigenvalue weighted by molar-refractivity contribution is 0.0954. The molecule has 1 aromatic heterocycles. The maximum Gasteiger partial charge on any atom is 0.271 e. The van der Waals surface area contributed by atoms with Crippen LogP contribution in [0.5, 0.6) is 5.75 Å². The molecule has 120 valence electrons. The highest BCUT2D eigenvalue weighted by molar-refractivity contribution is 5.95. The van der Waals surface area contributed by atoms with E-state index in [-0.39, 0.29) is 17.1 Å². The van der Waals surface area contributed by atoms with E-state index in [1.807, 2.05) is 0 Å². The summed E-state index contributed by atoms with van der Waals surface area (Å²) in [5, 5.41) is 13.1. The smallest absolute Gasteiger partial charge is 0.271 e. The Hall–Kier alpha value is -3.41. The molecule has 2 N–H and O–H groups in total. The number of furan rings is 1. The molecule has 0 saturated heterocycles. The van der Waals surface area contributed by atoms with Crippen LogP contribution >= 0.6 is 0 Å². The van der Waals surface area contributed by atoms with Crippen LogP contribution in [0.2, 0.25) is 0 Å². The maximum absolute atomic E-state index is 13.7. The summed E-state index contributed by atoms with van der Waals surface area (Å²) in [6, 6.07) is 15.4. The van der Waals surface area contributed by atoms with Crippen LogP contribution in [0.3, 0.4) is 0 Å². The monoisotopic (exact) mass is 324 g/mol. The maximum atomic E-state index is 13.7. The normalized spacial score (nSPS) is 10.9. The number of carbonyl (C=O) groups is 1. The van der Waals surface area contributed by atoms with E-state index in [1.54, 1.807) is 42.5 Å². The molecule has 2 aromatic carbocycles. The zero-order valence-corrected chi connectivity index (χ0v) is 12.4. The Balaban J connectivity index is 1.68. The summed E-state index contributed by atoms with van der Waals surface area (Å²) in [6.45, 7) is 0. The molecule has 0 atom stereocenters. The summed E-state index contributed by atoms with van der Waals surface area (Å²) in [4.78, 5) is 11.8. The van der Waals surface area contributed by atoms with Gasteiger partial charge in [-0.1, -0.05) is 18.2 Å². The van der Waals surface area contributed by atoms with Crippen LogP contribution < -0.4 is 5.43 Å². The molecule has 0 aliphatic carbocycles. The van der Waals surface area contributed by atoms with Gasteiger partial charge in [-0.05, 0) is 42.5 Å². The predicted octanol–water partition coefficient (Wildman–Crippen LogP) is 3.56. The predicted molar refractivity (Wildman–Crippen MR) is 87.3 cm³/mol. The van der Waals surface area contributed by atoms with Gasteiger partial charge in [-0.15, -0.1) is 0 Å². The van der Waals surface area contributed by atoms with Crippen LogP contribution in [0, 0.1) is 5.82 Å². The zero-order valence-electron chi connectivity index (χ0n) is 12.4. The van der Waals surface area contributed by atoms with E-state index < -0.39 is 5.91 Å². The number of nitrogens with zero attached hydrogens (tertiary/aromatic N) is 1. The van der Waals surface area contributed by atoms with Crippen LogP contribution in [0.25, 0.3) is 11.3 Å². The Kier molecular flexibility index (Phi) is 4.38. The lowest BCUT2D eigenvalue weighted by atomic mass is 10.1. The largest absolute Gasteiger partial charge is 0.508 e. The van der Waals surface area contributed by atoms with E-state index >= 15 is 0 Å². The second kappa shape index (κ2) is 6.78. The first kappa shape index (κ1) is 15.5. The van der Waals surface area contributed by atoms with E-state index in [9.17, 15) is 14.3 Å². The van der Waals surface area contributed by atoms with Crippen molar-refractivity contribution in [3.05, 3.63) is 77.8 Å². The molecule has 0 saturated carbocycles. The number of halogens is 1. The molecule has 24 heavy (non-hydrogen) atoms. The van der Waals surface area contributed by atoms with Crippen molar-refractivity contribution < 1.29 is 18.7 Å². The van der Waals surface area contributed by atoms with Gasteiger partial charge in [0.1, 0.15) is 23.1 Å². The lowest BCUT2D eigenvalue weighted by Crippen LogP contribution is -2.17. The summed E-state index contributed by atoms with van der Waals surface area (Å²) in [6.07, 6.45) is 1.31. The van der Waals surface area contributed by atoms with Gasteiger partial charge < -0.3 is 9.52 Å². The molecule has 0 fully saturated rings. The minimum Gasteiger partial charge on any atom is -0.508 e. The van der Waals surface area contributed by atoms with Crippen molar-refractivity contribution >= 4 is 12.1 Å².